The van der Waals surface area contributed by atoms with Crippen molar-refractivity contribution in [2.24, 2.45) is 0 Å². The molecule has 22 heavy (non-hydrogen) atoms. The van der Waals surface area contributed by atoms with E-state index in [9.17, 15) is 9.59 Å². The van der Waals surface area contributed by atoms with Crippen LogP contribution in [0.5, 0.6) is 0 Å². The van der Waals surface area contributed by atoms with Crippen molar-refractivity contribution in [1.29, 1.82) is 0 Å². The Morgan fingerprint density at radius 1 is 1.45 bits per heavy atom. The van der Waals surface area contributed by atoms with Gasteiger partial charge in [-0.25, -0.2) is 4.98 Å². The lowest BCUT2D eigenvalue weighted by Crippen LogP contribution is -2.10. The lowest BCUT2D eigenvalue weighted by Gasteiger charge is -2.08. The van der Waals surface area contributed by atoms with Gasteiger partial charge in [0, 0.05) is 42.9 Å². The molecule has 0 aliphatic heterocycles. The molecule has 6 nitrogen and oxygen atoms in total. The number of aromatic nitrogens is 3. The number of carbonyl (C=O) groups excluding carboxylic acids is 1. The first-order valence-corrected chi connectivity index (χ1v) is 7.88. The van der Waals surface area contributed by atoms with Crippen LogP contribution in [0.1, 0.15) is 21.7 Å². The second-order valence-corrected chi connectivity index (χ2v) is 5.84. The number of ketones is 1. The summed E-state index contributed by atoms with van der Waals surface area (Å²) >= 11 is 1.23. The molecule has 0 aromatic carbocycles. The van der Waals surface area contributed by atoms with Crippen LogP contribution in [0.25, 0.3) is 0 Å². The van der Waals surface area contributed by atoms with Crippen LogP contribution in [-0.2, 0) is 11.3 Å². The number of H-pyrrole nitrogens is 1. The van der Waals surface area contributed by atoms with Gasteiger partial charge < -0.3 is 14.3 Å². The smallest absolute Gasteiger partial charge is 0.251 e. The first-order valence-electron chi connectivity index (χ1n) is 6.90. The molecule has 2 aromatic rings. The highest BCUT2D eigenvalue weighted by Crippen LogP contribution is 2.19. The van der Waals surface area contributed by atoms with Gasteiger partial charge >= 0.3 is 0 Å². The molecule has 0 saturated heterocycles. The van der Waals surface area contributed by atoms with Crippen molar-refractivity contribution in [3.63, 3.8) is 0 Å². The van der Waals surface area contributed by atoms with Crippen molar-refractivity contribution in [1.82, 2.24) is 14.5 Å². The molecule has 0 aliphatic carbocycles. The summed E-state index contributed by atoms with van der Waals surface area (Å²) in [4.78, 5) is 30.2. The molecule has 0 unspecified atom stereocenters. The number of hydrogen-bond donors (Lipinski definition) is 1. The highest BCUT2D eigenvalue weighted by Gasteiger charge is 2.16. The Labute approximate surface area is 132 Å². The third kappa shape index (κ3) is 3.86. The highest BCUT2D eigenvalue weighted by atomic mass is 32.2. The minimum Gasteiger partial charge on any atom is -0.383 e. The van der Waals surface area contributed by atoms with Gasteiger partial charge in [0.2, 0.25) is 0 Å². The van der Waals surface area contributed by atoms with Crippen molar-refractivity contribution in [2.75, 3.05) is 19.5 Å². The number of hydrogen-bond acceptors (Lipinski definition) is 5. The second-order valence-electron chi connectivity index (χ2n) is 4.88. The molecular formula is C15H19N3O3S. The van der Waals surface area contributed by atoms with Crippen LogP contribution in [0.3, 0.4) is 0 Å². The Hall–Kier alpha value is -1.86. The van der Waals surface area contributed by atoms with E-state index in [1.54, 1.807) is 7.11 Å². The van der Waals surface area contributed by atoms with Crippen LogP contribution in [0.2, 0.25) is 0 Å². The molecule has 0 saturated carbocycles. The number of carbonyl (C=O) groups is 1. The number of methoxy groups -OCH3 is 1. The minimum atomic E-state index is -0.220. The molecule has 7 heteroatoms. The molecule has 1 N–H and O–H groups in total. The topological polar surface area (TPSA) is 77.0 Å². The number of nitrogens with one attached hydrogen (secondary N) is 1. The zero-order valence-electron chi connectivity index (χ0n) is 12.9. The number of rotatable bonds is 7. The molecular weight excluding hydrogens is 302 g/mol. The van der Waals surface area contributed by atoms with Crippen LogP contribution >= 0.6 is 11.8 Å². The molecule has 2 rings (SSSR count). The maximum absolute atomic E-state index is 12.4. The Kier molecular flexibility index (Phi) is 5.57. The molecule has 0 aliphatic rings. The fraction of sp³-hybridized carbons (Fsp3) is 0.400. The molecule has 0 spiro atoms. The Bertz CT molecular complexity index is 721. The lowest BCUT2D eigenvalue weighted by atomic mass is 10.2. The van der Waals surface area contributed by atoms with Crippen molar-refractivity contribution in [3.05, 3.63) is 45.6 Å². The zero-order valence-corrected chi connectivity index (χ0v) is 13.7. The van der Waals surface area contributed by atoms with Crippen LogP contribution in [0.15, 0.2) is 28.3 Å². The summed E-state index contributed by atoms with van der Waals surface area (Å²) in [5.74, 6) is 0.259. The van der Waals surface area contributed by atoms with E-state index in [0.717, 1.165) is 17.9 Å². The van der Waals surface area contributed by atoms with Gasteiger partial charge in [0.1, 0.15) is 0 Å². The van der Waals surface area contributed by atoms with Gasteiger partial charge in [-0.2, -0.15) is 0 Å². The number of nitrogens with zero attached hydrogens (tertiary/aromatic N) is 2. The number of Topliss-reactive ketones (excluding diaryl/α,β-unsaturated/α-hetero) is 1. The minimum absolute atomic E-state index is 0.0215. The fourth-order valence-electron chi connectivity index (χ4n) is 2.25. The predicted molar refractivity (Wildman–Crippen MR) is 85.7 cm³/mol. The molecule has 0 atom stereocenters. The Morgan fingerprint density at radius 3 is 2.91 bits per heavy atom. The zero-order chi connectivity index (χ0) is 16.1. The average molecular weight is 321 g/mol. The van der Waals surface area contributed by atoms with E-state index in [-0.39, 0.29) is 17.1 Å². The largest absolute Gasteiger partial charge is 0.383 e. The number of aromatic amines is 1. The van der Waals surface area contributed by atoms with Gasteiger partial charge in [0.05, 0.1) is 12.4 Å². The molecule has 0 bridgehead atoms. The third-order valence-electron chi connectivity index (χ3n) is 3.38. The molecule has 0 radical (unpaired) electrons. The van der Waals surface area contributed by atoms with E-state index >= 15 is 0 Å². The fourth-order valence-corrected chi connectivity index (χ4v) is 2.98. The molecule has 0 fully saturated rings. The summed E-state index contributed by atoms with van der Waals surface area (Å²) in [5, 5.41) is 0.453. The molecule has 118 valence electrons. The Balaban J connectivity index is 2.08. The van der Waals surface area contributed by atoms with Gasteiger partial charge in [-0.1, -0.05) is 11.8 Å². The number of thioether (sulfide) groups is 1. The highest BCUT2D eigenvalue weighted by molar-refractivity contribution is 7.99. The summed E-state index contributed by atoms with van der Waals surface area (Å²) < 4.78 is 7.16. The van der Waals surface area contributed by atoms with E-state index in [0.29, 0.717) is 17.3 Å². The quantitative estimate of drug-likeness (QED) is 0.478. The van der Waals surface area contributed by atoms with Gasteiger partial charge in [-0.15, -0.1) is 0 Å². The maximum Gasteiger partial charge on any atom is 0.251 e. The van der Waals surface area contributed by atoms with Gasteiger partial charge in [-0.05, 0) is 19.9 Å². The van der Waals surface area contributed by atoms with Gasteiger partial charge in [0.15, 0.2) is 10.9 Å². The summed E-state index contributed by atoms with van der Waals surface area (Å²) in [6, 6.07) is 3.24. The third-order valence-corrected chi connectivity index (χ3v) is 4.27. The van der Waals surface area contributed by atoms with E-state index in [2.05, 4.69) is 14.5 Å². The van der Waals surface area contributed by atoms with Crippen LogP contribution in [0, 0.1) is 13.8 Å². The van der Waals surface area contributed by atoms with E-state index in [4.69, 9.17) is 4.74 Å². The molecule has 0 amide bonds. The normalized spacial score (nSPS) is 10.9. The van der Waals surface area contributed by atoms with Crippen LogP contribution in [0.4, 0.5) is 0 Å². The SMILES string of the molecule is COCCn1c(C)cc(C(=O)CSc2nccc(=O)[nH]2)c1C. The monoisotopic (exact) mass is 321 g/mol. The van der Waals surface area contributed by atoms with E-state index < -0.39 is 0 Å². The summed E-state index contributed by atoms with van der Waals surface area (Å²) in [5.41, 5.74) is 2.46. The van der Waals surface area contributed by atoms with Crippen molar-refractivity contribution in [2.45, 2.75) is 25.5 Å². The maximum atomic E-state index is 12.4. The first-order chi connectivity index (χ1) is 10.5. The molecule has 2 aromatic heterocycles. The van der Waals surface area contributed by atoms with Crippen molar-refractivity contribution >= 4 is 17.5 Å². The van der Waals surface area contributed by atoms with E-state index in [1.165, 1.54) is 24.0 Å². The standard InChI is InChI=1S/C15H19N3O3S/c1-10-8-12(11(2)18(10)6-7-21-3)13(19)9-22-15-16-5-4-14(20)17-15/h4-5,8H,6-7,9H2,1-3H3,(H,16,17,20). The lowest BCUT2D eigenvalue weighted by molar-refractivity contribution is 0.102. The molecule has 2 heterocycles. The van der Waals surface area contributed by atoms with Crippen LogP contribution in [-0.4, -0.2) is 39.8 Å². The Morgan fingerprint density at radius 2 is 2.23 bits per heavy atom. The van der Waals surface area contributed by atoms with Crippen molar-refractivity contribution in [3.8, 4) is 0 Å². The van der Waals surface area contributed by atoms with Crippen molar-refractivity contribution < 1.29 is 9.53 Å². The van der Waals surface area contributed by atoms with Gasteiger partial charge in [0.25, 0.3) is 5.56 Å². The van der Waals surface area contributed by atoms with Crippen LogP contribution < -0.4 is 5.56 Å². The number of aryl methyl sites for hydroxylation is 1. The second kappa shape index (κ2) is 7.42. The van der Waals surface area contributed by atoms with Gasteiger partial charge in [-0.3, -0.25) is 9.59 Å². The summed E-state index contributed by atoms with van der Waals surface area (Å²) in [6.45, 7) is 5.24. The van der Waals surface area contributed by atoms with E-state index in [1.807, 2.05) is 19.9 Å². The first kappa shape index (κ1) is 16.5. The number of ether oxygens (including phenoxy) is 1. The average Bonchev–Trinajstić information content (AvgIpc) is 2.78. The summed E-state index contributed by atoms with van der Waals surface area (Å²) in [7, 11) is 1.66. The predicted octanol–water partition coefficient (Wildman–Crippen LogP) is 1.81. The summed E-state index contributed by atoms with van der Waals surface area (Å²) in [6.07, 6.45) is 1.43.